The summed E-state index contributed by atoms with van der Waals surface area (Å²) in [5.41, 5.74) is 1.65. The van der Waals surface area contributed by atoms with Crippen molar-refractivity contribution >= 4 is 29.1 Å². The number of likely N-dealkylation sites (N-methyl/N-ethyl adjacent to an activating group) is 2. The highest BCUT2D eigenvalue weighted by Gasteiger charge is 2.19. The van der Waals surface area contributed by atoms with Crippen LogP contribution >= 0.6 is 11.3 Å². The van der Waals surface area contributed by atoms with Crippen LogP contribution < -0.4 is 15.5 Å². The molecular formula is C21H29N4O3S+. The van der Waals surface area contributed by atoms with Crippen molar-refractivity contribution in [3.05, 3.63) is 57.8 Å². The molecule has 156 valence electrons. The summed E-state index contributed by atoms with van der Waals surface area (Å²) in [4.78, 5) is 40.0. The third kappa shape index (κ3) is 7.32. The van der Waals surface area contributed by atoms with E-state index in [-0.39, 0.29) is 24.3 Å². The number of thiophene rings is 1. The van der Waals surface area contributed by atoms with E-state index >= 15 is 0 Å². The molecule has 0 saturated carbocycles. The van der Waals surface area contributed by atoms with Crippen LogP contribution in [0.5, 0.6) is 0 Å². The number of nitrogens with zero attached hydrogens (tertiary/aromatic N) is 1. The largest absolute Gasteiger partial charge is 0.355 e. The zero-order chi connectivity index (χ0) is 21.2. The van der Waals surface area contributed by atoms with Crippen molar-refractivity contribution in [2.75, 3.05) is 33.7 Å². The van der Waals surface area contributed by atoms with Crippen LogP contribution in [0.25, 0.3) is 0 Å². The SMILES string of the molecule is CCN(CC(=O)NCc1cccs1)C(=O)C[NH+](C)Cc1ccc(C(=O)NC)cc1. The van der Waals surface area contributed by atoms with Gasteiger partial charge in [0.05, 0.1) is 20.1 Å². The van der Waals surface area contributed by atoms with Crippen LogP contribution in [-0.4, -0.2) is 56.4 Å². The van der Waals surface area contributed by atoms with E-state index in [4.69, 9.17) is 0 Å². The molecule has 1 heterocycles. The molecule has 7 nitrogen and oxygen atoms in total. The van der Waals surface area contributed by atoms with Gasteiger partial charge in [-0.1, -0.05) is 18.2 Å². The summed E-state index contributed by atoms with van der Waals surface area (Å²) >= 11 is 1.59. The Kier molecular flexibility index (Phi) is 8.82. The Morgan fingerprint density at radius 2 is 1.86 bits per heavy atom. The number of hydrogen-bond acceptors (Lipinski definition) is 4. The summed E-state index contributed by atoms with van der Waals surface area (Å²) in [5, 5.41) is 7.41. The average molecular weight is 418 g/mol. The molecular weight excluding hydrogens is 388 g/mol. The lowest BCUT2D eigenvalue weighted by Crippen LogP contribution is -3.08. The first-order valence-electron chi connectivity index (χ1n) is 9.62. The second-order valence-electron chi connectivity index (χ2n) is 6.85. The number of rotatable bonds is 10. The van der Waals surface area contributed by atoms with Gasteiger partial charge in [0.15, 0.2) is 6.54 Å². The zero-order valence-electron chi connectivity index (χ0n) is 17.2. The van der Waals surface area contributed by atoms with Gasteiger partial charge in [0.1, 0.15) is 6.54 Å². The van der Waals surface area contributed by atoms with E-state index in [0.717, 1.165) is 15.3 Å². The maximum atomic E-state index is 12.6. The number of carbonyl (C=O) groups excluding carboxylic acids is 3. The van der Waals surface area contributed by atoms with Crippen LogP contribution in [-0.2, 0) is 22.7 Å². The highest BCUT2D eigenvalue weighted by molar-refractivity contribution is 7.09. The average Bonchev–Trinajstić information content (AvgIpc) is 3.24. The van der Waals surface area contributed by atoms with Crippen LogP contribution in [0.15, 0.2) is 41.8 Å². The number of carbonyl (C=O) groups is 3. The minimum absolute atomic E-state index is 0.0572. The van der Waals surface area contributed by atoms with Crippen LogP contribution in [0.3, 0.4) is 0 Å². The predicted molar refractivity (Wildman–Crippen MR) is 114 cm³/mol. The Morgan fingerprint density at radius 1 is 1.14 bits per heavy atom. The van der Waals surface area contributed by atoms with Crippen LogP contribution in [0, 0.1) is 0 Å². The predicted octanol–water partition coefficient (Wildman–Crippen LogP) is 0.287. The van der Waals surface area contributed by atoms with Gasteiger partial charge in [-0.25, -0.2) is 0 Å². The fourth-order valence-corrected chi connectivity index (χ4v) is 3.55. The smallest absolute Gasteiger partial charge is 0.278 e. The first kappa shape index (κ1) is 22.6. The Bertz CT molecular complexity index is 806. The Hall–Kier alpha value is -2.71. The van der Waals surface area contributed by atoms with Crippen molar-refractivity contribution in [1.82, 2.24) is 15.5 Å². The number of quaternary nitrogens is 1. The quantitative estimate of drug-likeness (QED) is 0.520. The van der Waals surface area contributed by atoms with Gasteiger partial charge >= 0.3 is 0 Å². The lowest BCUT2D eigenvalue weighted by atomic mass is 10.1. The van der Waals surface area contributed by atoms with Gasteiger partial charge in [-0.3, -0.25) is 14.4 Å². The van der Waals surface area contributed by atoms with Gasteiger partial charge in [-0.05, 0) is 30.5 Å². The van der Waals surface area contributed by atoms with Crippen molar-refractivity contribution in [2.24, 2.45) is 0 Å². The van der Waals surface area contributed by atoms with E-state index < -0.39 is 0 Å². The molecule has 1 aromatic heterocycles. The molecule has 29 heavy (non-hydrogen) atoms. The van der Waals surface area contributed by atoms with E-state index in [1.165, 1.54) is 0 Å². The molecule has 2 rings (SSSR count). The standard InChI is InChI=1S/C21H28N4O3S/c1-4-25(14-19(26)23-12-18-6-5-11-29-18)20(27)15-24(3)13-16-7-9-17(10-8-16)21(28)22-2/h5-11H,4,12-15H2,1-3H3,(H,22,28)(H,23,26)/p+1. The molecule has 0 spiro atoms. The molecule has 1 aromatic carbocycles. The lowest BCUT2D eigenvalue weighted by molar-refractivity contribution is -0.885. The molecule has 0 bridgehead atoms. The summed E-state index contributed by atoms with van der Waals surface area (Å²) in [7, 11) is 3.54. The fourth-order valence-electron chi connectivity index (χ4n) is 2.90. The lowest BCUT2D eigenvalue weighted by Gasteiger charge is -2.22. The van der Waals surface area contributed by atoms with Crippen LogP contribution in [0.1, 0.15) is 27.7 Å². The molecule has 1 atom stereocenters. The summed E-state index contributed by atoms with van der Waals surface area (Å²) < 4.78 is 0. The highest BCUT2D eigenvalue weighted by Crippen LogP contribution is 2.07. The van der Waals surface area contributed by atoms with Gasteiger partial charge in [0.25, 0.3) is 11.8 Å². The molecule has 8 heteroatoms. The monoisotopic (exact) mass is 417 g/mol. The molecule has 0 aliphatic carbocycles. The second-order valence-corrected chi connectivity index (χ2v) is 7.88. The van der Waals surface area contributed by atoms with Gasteiger partial charge in [-0.2, -0.15) is 0 Å². The summed E-state index contributed by atoms with van der Waals surface area (Å²) in [6.45, 7) is 3.86. The fraction of sp³-hybridized carbons (Fsp3) is 0.381. The van der Waals surface area contributed by atoms with Crippen molar-refractivity contribution in [3.8, 4) is 0 Å². The van der Waals surface area contributed by atoms with Gasteiger partial charge in [-0.15, -0.1) is 11.3 Å². The molecule has 0 fully saturated rings. The van der Waals surface area contributed by atoms with E-state index in [1.54, 1.807) is 35.4 Å². The number of benzene rings is 1. The second kappa shape index (κ2) is 11.3. The number of hydrogen-bond donors (Lipinski definition) is 3. The number of amides is 3. The summed E-state index contributed by atoms with van der Waals surface area (Å²) in [5.74, 6) is -0.335. The summed E-state index contributed by atoms with van der Waals surface area (Å²) in [6, 6.07) is 11.3. The first-order chi connectivity index (χ1) is 13.9. The Labute approximate surface area is 175 Å². The Balaban J connectivity index is 1.81. The molecule has 0 aliphatic rings. The molecule has 0 saturated heterocycles. The third-order valence-electron chi connectivity index (χ3n) is 4.51. The van der Waals surface area contributed by atoms with Gasteiger partial charge in [0, 0.05) is 29.6 Å². The van der Waals surface area contributed by atoms with Crippen LogP contribution in [0.2, 0.25) is 0 Å². The maximum absolute atomic E-state index is 12.6. The van der Waals surface area contributed by atoms with E-state index in [2.05, 4.69) is 10.6 Å². The normalized spacial score (nSPS) is 11.6. The minimum atomic E-state index is -0.156. The van der Waals surface area contributed by atoms with Crippen LogP contribution in [0.4, 0.5) is 0 Å². The van der Waals surface area contributed by atoms with E-state index in [9.17, 15) is 14.4 Å². The van der Waals surface area contributed by atoms with Crippen molar-refractivity contribution < 1.29 is 19.3 Å². The van der Waals surface area contributed by atoms with Crippen molar-refractivity contribution in [1.29, 1.82) is 0 Å². The third-order valence-corrected chi connectivity index (χ3v) is 5.39. The molecule has 3 N–H and O–H groups in total. The van der Waals surface area contributed by atoms with E-state index in [0.29, 0.717) is 31.7 Å². The molecule has 3 amide bonds. The first-order valence-corrected chi connectivity index (χ1v) is 10.5. The van der Waals surface area contributed by atoms with E-state index in [1.807, 2.05) is 43.6 Å². The van der Waals surface area contributed by atoms with Crippen molar-refractivity contribution in [2.45, 2.75) is 20.0 Å². The molecule has 0 aliphatic heterocycles. The van der Waals surface area contributed by atoms with Gasteiger partial charge < -0.3 is 20.4 Å². The Morgan fingerprint density at radius 3 is 2.45 bits per heavy atom. The maximum Gasteiger partial charge on any atom is 0.278 e. The molecule has 2 aromatic rings. The van der Waals surface area contributed by atoms with Gasteiger partial charge in [0.2, 0.25) is 5.91 Å². The highest BCUT2D eigenvalue weighted by atomic mass is 32.1. The topological polar surface area (TPSA) is 83.0 Å². The molecule has 0 radical (unpaired) electrons. The van der Waals surface area contributed by atoms with Crippen molar-refractivity contribution in [3.63, 3.8) is 0 Å². The number of nitrogens with one attached hydrogen (secondary N) is 3. The molecule has 1 unspecified atom stereocenters. The minimum Gasteiger partial charge on any atom is -0.355 e. The summed E-state index contributed by atoms with van der Waals surface area (Å²) in [6.07, 6.45) is 0. The zero-order valence-corrected chi connectivity index (χ0v) is 18.0.